The maximum absolute atomic E-state index is 12.6. The Labute approximate surface area is 161 Å². The van der Waals surface area contributed by atoms with Crippen molar-refractivity contribution in [3.05, 3.63) is 51.6 Å². The first-order valence-electron chi connectivity index (χ1n) is 8.56. The molecule has 0 aliphatic carbocycles. The lowest BCUT2D eigenvalue weighted by Gasteiger charge is -2.17. The van der Waals surface area contributed by atoms with Gasteiger partial charge in [-0.15, -0.1) is 0 Å². The van der Waals surface area contributed by atoms with Gasteiger partial charge < -0.3 is 10.1 Å². The molecule has 140 valence electrons. The third-order valence-corrected chi connectivity index (χ3v) is 5.64. The molecule has 1 amide bonds. The minimum absolute atomic E-state index is 0.363. The second-order valence-electron chi connectivity index (χ2n) is 6.56. The zero-order chi connectivity index (χ0) is 19.7. The smallest absolute Gasteiger partial charge is 0.339 e. The number of esters is 1. The van der Waals surface area contributed by atoms with Crippen LogP contribution in [0.25, 0.3) is 11.0 Å². The summed E-state index contributed by atoms with van der Waals surface area (Å²) >= 11 is 1.08. The minimum atomic E-state index is -0.486. The lowest BCUT2D eigenvalue weighted by Crippen LogP contribution is -2.22. The molecule has 0 unspecified atom stereocenters. The summed E-state index contributed by atoms with van der Waals surface area (Å²) in [6.45, 7) is 9.47. The fraction of sp³-hybridized carbons (Fsp3) is 0.300. The molecule has 0 bridgehead atoms. The van der Waals surface area contributed by atoms with Gasteiger partial charge in [-0.2, -0.15) is 8.75 Å². The van der Waals surface area contributed by atoms with Gasteiger partial charge in [-0.1, -0.05) is 6.07 Å². The molecule has 0 saturated heterocycles. The number of carbonyl (C=O) groups excluding carboxylic acids is 2. The molecule has 3 rings (SSSR count). The Bertz CT molecular complexity index is 1030. The van der Waals surface area contributed by atoms with E-state index in [-0.39, 0.29) is 6.61 Å². The van der Waals surface area contributed by atoms with Crippen LogP contribution in [0, 0.1) is 34.6 Å². The van der Waals surface area contributed by atoms with Crippen LogP contribution in [0.15, 0.2) is 18.2 Å². The number of ether oxygens (including phenoxy) is 1. The molecule has 0 radical (unpaired) electrons. The van der Waals surface area contributed by atoms with E-state index in [1.54, 1.807) is 12.1 Å². The molecule has 1 N–H and O–H groups in total. The first-order chi connectivity index (χ1) is 12.8. The van der Waals surface area contributed by atoms with E-state index in [9.17, 15) is 9.59 Å². The molecule has 0 aliphatic rings. The Morgan fingerprint density at radius 1 is 0.963 bits per heavy atom. The number of hydrogen-bond acceptors (Lipinski definition) is 6. The summed E-state index contributed by atoms with van der Waals surface area (Å²) in [7, 11) is 0. The number of carbonyl (C=O) groups is 2. The van der Waals surface area contributed by atoms with Crippen LogP contribution in [-0.4, -0.2) is 27.2 Å². The second kappa shape index (κ2) is 7.44. The first-order valence-corrected chi connectivity index (χ1v) is 9.29. The summed E-state index contributed by atoms with van der Waals surface area (Å²) in [6.07, 6.45) is 0. The summed E-state index contributed by atoms with van der Waals surface area (Å²) in [5.41, 5.74) is 7.51. The van der Waals surface area contributed by atoms with Crippen LogP contribution in [0.2, 0.25) is 0 Å². The highest BCUT2D eigenvalue weighted by Gasteiger charge is 2.20. The molecule has 0 spiro atoms. The maximum Gasteiger partial charge on any atom is 0.339 e. The molecule has 2 aromatic carbocycles. The zero-order valence-electron chi connectivity index (χ0n) is 16.0. The number of nitrogens with zero attached hydrogens (tertiary/aromatic N) is 2. The molecule has 0 saturated carbocycles. The van der Waals surface area contributed by atoms with Crippen LogP contribution in [0.3, 0.4) is 0 Å². The van der Waals surface area contributed by atoms with E-state index < -0.39 is 11.9 Å². The predicted molar refractivity (Wildman–Crippen MR) is 106 cm³/mol. The number of aromatic nitrogens is 2. The molecular formula is C20H21N3O3S. The number of nitrogens with one attached hydrogen (secondary N) is 1. The zero-order valence-corrected chi connectivity index (χ0v) is 16.8. The molecule has 0 atom stereocenters. The summed E-state index contributed by atoms with van der Waals surface area (Å²) in [6, 6.07) is 5.35. The summed E-state index contributed by atoms with van der Waals surface area (Å²) < 4.78 is 13.6. The maximum atomic E-state index is 12.6. The largest absolute Gasteiger partial charge is 0.452 e. The highest BCUT2D eigenvalue weighted by molar-refractivity contribution is 7.00. The van der Waals surface area contributed by atoms with Crippen molar-refractivity contribution in [2.75, 3.05) is 11.9 Å². The van der Waals surface area contributed by atoms with Crippen LogP contribution in [-0.2, 0) is 9.53 Å². The monoisotopic (exact) mass is 383 g/mol. The second-order valence-corrected chi connectivity index (χ2v) is 7.09. The van der Waals surface area contributed by atoms with E-state index in [1.165, 1.54) is 5.56 Å². The SMILES string of the molecule is Cc1c(C)c(C)c(C(=O)OCC(=O)Nc2cccc3nsnc23)c(C)c1C. The van der Waals surface area contributed by atoms with Gasteiger partial charge in [0.2, 0.25) is 0 Å². The fourth-order valence-electron chi connectivity index (χ4n) is 3.10. The lowest BCUT2D eigenvalue weighted by atomic mass is 9.90. The molecule has 6 nitrogen and oxygen atoms in total. The van der Waals surface area contributed by atoms with Gasteiger partial charge in [0.25, 0.3) is 5.91 Å². The topological polar surface area (TPSA) is 81.2 Å². The van der Waals surface area contributed by atoms with Crippen LogP contribution in [0.5, 0.6) is 0 Å². The fourth-order valence-corrected chi connectivity index (χ4v) is 3.65. The van der Waals surface area contributed by atoms with E-state index in [0.717, 1.165) is 34.0 Å². The van der Waals surface area contributed by atoms with Crippen molar-refractivity contribution in [2.45, 2.75) is 34.6 Å². The number of hydrogen-bond donors (Lipinski definition) is 1. The van der Waals surface area contributed by atoms with Crippen molar-refractivity contribution in [1.29, 1.82) is 0 Å². The number of rotatable bonds is 4. The van der Waals surface area contributed by atoms with Crippen molar-refractivity contribution in [1.82, 2.24) is 8.75 Å². The molecule has 3 aromatic rings. The molecule has 27 heavy (non-hydrogen) atoms. The minimum Gasteiger partial charge on any atom is -0.452 e. The van der Waals surface area contributed by atoms with E-state index in [2.05, 4.69) is 14.1 Å². The van der Waals surface area contributed by atoms with E-state index >= 15 is 0 Å². The van der Waals surface area contributed by atoms with Crippen LogP contribution in [0.4, 0.5) is 5.69 Å². The third kappa shape index (κ3) is 3.55. The number of amides is 1. The van der Waals surface area contributed by atoms with Gasteiger partial charge in [0.15, 0.2) is 6.61 Å². The summed E-state index contributed by atoms with van der Waals surface area (Å²) in [5.74, 6) is -0.903. The van der Waals surface area contributed by atoms with Crippen molar-refractivity contribution in [3.63, 3.8) is 0 Å². The number of benzene rings is 2. The number of anilines is 1. The molecule has 1 aromatic heterocycles. The van der Waals surface area contributed by atoms with E-state index in [0.29, 0.717) is 22.3 Å². The van der Waals surface area contributed by atoms with Gasteiger partial charge in [-0.05, 0) is 74.6 Å². The van der Waals surface area contributed by atoms with E-state index in [4.69, 9.17) is 4.74 Å². The molecular weight excluding hydrogens is 362 g/mol. The standard InChI is InChI=1S/C20H21N3O3S/c1-10-11(2)13(4)18(14(5)12(10)3)20(25)26-9-17(24)21-15-7-6-8-16-19(15)23-27-22-16/h6-8H,9H2,1-5H3,(H,21,24). The quantitative estimate of drug-likeness (QED) is 0.688. The van der Waals surface area contributed by atoms with Crippen molar-refractivity contribution in [2.24, 2.45) is 0 Å². The Morgan fingerprint density at radius 3 is 2.26 bits per heavy atom. The average molecular weight is 383 g/mol. The number of fused-ring (bicyclic) bond motifs is 1. The van der Waals surface area contributed by atoms with Gasteiger partial charge in [0.05, 0.1) is 23.0 Å². The molecule has 1 heterocycles. The van der Waals surface area contributed by atoms with Gasteiger partial charge in [0, 0.05) is 0 Å². The van der Waals surface area contributed by atoms with Crippen LogP contribution >= 0.6 is 11.7 Å². The third-order valence-electron chi connectivity index (χ3n) is 5.10. The Hall–Kier alpha value is -2.80. The normalized spacial score (nSPS) is 10.9. The van der Waals surface area contributed by atoms with Gasteiger partial charge >= 0.3 is 5.97 Å². The predicted octanol–water partition coefficient (Wildman–Crippen LogP) is 4.03. The average Bonchev–Trinajstić information content (AvgIpc) is 3.13. The van der Waals surface area contributed by atoms with Crippen molar-refractivity contribution < 1.29 is 14.3 Å². The lowest BCUT2D eigenvalue weighted by molar-refractivity contribution is -0.119. The van der Waals surface area contributed by atoms with Gasteiger partial charge in [-0.25, -0.2) is 4.79 Å². The van der Waals surface area contributed by atoms with Crippen LogP contribution < -0.4 is 5.32 Å². The molecule has 0 aliphatic heterocycles. The Kier molecular flexibility index (Phi) is 5.23. The van der Waals surface area contributed by atoms with Crippen LogP contribution in [0.1, 0.15) is 38.2 Å². The van der Waals surface area contributed by atoms with Crippen molar-refractivity contribution >= 4 is 40.3 Å². The highest BCUT2D eigenvalue weighted by Crippen LogP contribution is 2.26. The molecule has 0 fully saturated rings. The van der Waals surface area contributed by atoms with Crippen molar-refractivity contribution in [3.8, 4) is 0 Å². The highest BCUT2D eigenvalue weighted by atomic mass is 32.1. The molecule has 7 heteroatoms. The summed E-state index contributed by atoms with van der Waals surface area (Å²) in [4.78, 5) is 24.8. The summed E-state index contributed by atoms with van der Waals surface area (Å²) in [5, 5.41) is 2.73. The Morgan fingerprint density at radius 2 is 1.59 bits per heavy atom. The van der Waals surface area contributed by atoms with Gasteiger partial charge in [-0.3, -0.25) is 4.79 Å². The van der Waals surface area contributed by atoms with Gasteiger partial charge in [0.1, 0.15) is 11.0 Å². The first kappa shape index (κ1) is 19.0. The van der Waals surface area contributed by atoms with E-state index in [1.807, 2.05) is 40.7 Å². The Balaban J connectivity index is 1.73.